The van der Waals surface area contributed by atoms with Gasteiger partial charge in [0.15, 0.2) is 0 Å². The molecule has 0 unspecified atom stereocenters. The van der Waals surface area contributed by atoms with Gasteiger partial charge in [-0.15, -0.1) is 11.3 Å². The molecule has 1 fully saturated rings. The van der Waals surface area contributed by atoms with Crippen LogP contribution in [0, 0.1) is 5.92 Å². The molecule has 0 aliphatic carbocycles. The highest BCUT2D eigenvalue weighted by atomic mass is 32.1. The van der Waals surface area contributed by atoms with Gasteiger partial charge in [0.05, 0.1) is 12.2 Å². The number of hydrogen-bond donors (Lipinski definition) is 2. The number of fused-ring (bicyclic) bond motifs is 1. The van der Waals surface area contributed by atoms with Crippen molar-refractivity contribution in [3.05, 3.63) is 28.1 Å². The van der Waals surface area contributed by atoms with Gasteiger partial charge in [-0.1, -0.05) is 13.8 Å². The summed E-state index contributed by atoms with van der Waals surface area (Å²) in [5.74, 6) is 0.702. The van der Waals surface area contributed by atoms with Gasteiger partial charge < -0.3 is 15.5 Å². The van der Waals surface area contributed by atoms with Crippen LogP contribution in [0.4, 0.5) is 0 Å². The molecule has 0 saturated carbocycles. The van der Waals surface area contributed by atoms with Gasteiger partial charge in [0.2, 0.25) is 0 Å². The number of rotatable bonds is 4. The second kappa shape index (κ2) is 6.19. The van der Waals surface area contributed by atoms with Crippen molar-refractivity contribution in [2.45, 2.75) is 39.3 Å². The zero-order valence-corrected chi connectivity index (χ0v) is 13.3. The van der Waals surface area contributed by atoms with E-state index in [4.69, 9.17) is 0 Å². The minimum Gasteiger partial charge on any atom is -0.381 e. The SMILES string of the molecule is CC(C)CN1C=C(NC2CCNCC2)c2ccsc2C1. The van der Waals surface area contributed by atoms with Crippen molar-refractivity contribution in [1.82, 2.24) is 15.5 Å². The highest BCUT2D eigenvalue weighted by Gasteiger charge is 2.21. The summed E-state index contributed by atoms with van der Waals surface area (Å²) in [6.07, 6.45) is 4.79. The molecule has 0 amide bonds. The Morgan fingerprint density at radius 1 is 1.40 bits per heavy atom. The number of thiophene rings is 1. The maximum absolute atomic E-state index is 3.79. The maximum atomic E-state index is 3.79. The zero-order chi connectivity index (χ0) is 13.9. The molecule has 0 atom stereocenters. The first-order chi connectivity index (χ1) is 9.72. The molecule has 20 heavy (non-hydrogen) atoms. The van der Waals surface area contributed by atoms with Crippen LogP contribution in [0.1, 0.15) is 37.1 Å². The van der Waals surface area contributed by atoms with Crippen LogP contribution in [-0.2, 0) is 6.54 Å². The topological polar surface area (TPSA) is 27.3 Å². The fraction of sp³-hybridized carbons (Fsp3) is 0.625. The van der Waals surface area contributed by atoms with Gasteiger partial charge in [0.25, 0.3) is 0 Å². The number of nitrogens with zero attached hydrogens (tertiary/aromatic N) is 1. The first-order valence-electron chi connectivity index (χ1n) is 7.72. The lowest BCUT2D eigenvalue weighted by Crippen LogP contribution is -2.40. The van der Waals surface area contributed by atoms with Crippen LogP contribution in [-0.4, -0.2) is 30.6 Å². The molecule has 1 saturated heterocycles. The normalized spacial score (nSPS) is 19.9. The van der Waals surface area contributed by atoms with Crippen molar-refractivity contribution in [3.63, 3.8) is 0 Å². The monoisotopic (exact) mass is 291 g/mol. The number of piperidine rings is 1. The van der Waals surface area contributed by atoms with E-state index in [-0.39, 0.29) is 0 Å². The molecule has 0 spiro atoms. The molecule has 1 aromatic heterocycles. The third-order valence-corrected chi connectivity index (χ3v) is 4.90. The number of nitrogens with one attached hydrogen (secondary N) is 2. The van der Waals surface area contributed by atoms with Crippen LogP contribution < -0.4 is 10.6 Å². The van der Waals surface area contributed by atoms with Gasteiger partial charge in [-0.3, -0.25) is 0 Å². The fourth-order valence-electron chi connectivity index (χ4n) is 3.07. The van der Waals surface area contributed by atoms with E-state index in [2.05, 4.69) is 47.0 Å². The summed E-state index contributed by atoms with van der Waals surface area (Å²) < 4.78 is 0. The zero-order valence-electron chi connectivity index (χ0n) is 12.5. The Morgan fingerprint density at radius 2 is 2.20 bits per heavy atom. The summed E-state index contributed by atoms with van der Waals surface area (Å²) in [7, 11) is 0. The second-order valence-corrected chi connectivity index (χ2v) is 7.29. The van der Waals surface area contributed by atoms with E-state index < -0.39 is 0 Å². The van der Waals surface area contributed by atoms with Gasteiger partial charge in [-0.05, 0) is 43.3 Å². The van der Waals surface area contributed by atoms with E-state index >= 15 is 0 Å². The predicted molar refractivity (Wildman–Crippen MR) is 86.6 cm³/mol. The predicted octanol–water partition coefficient (Wildman–Crippen LogP) is 2.86. The summed E-state index contributed by atoms with van der Waals surface area (Å²) >= 11 is 1.89. The molecular formula is C16H25N3S. The highest BCUT2D eigenvalue weighted by Crippen LogP contribution is 2.30. The molecule has 4 heteroatoms. The van der Waals surface area contributed by atoms with Crippen molar-refractivity contribution in [2.75, 3.05) is 19.6 Å². The Kier molecular flexibility index (Phi) is 4.32. The van der Waals surface area contributed by atoms with Gasteiger partial charge in [-0.2, -0.15) is 0 Å². The summed E-state index contributed by atoms with van der Waals surface area (Å²) in [5.41, 5.74) is 2.76. The Morgan fingerprint density at radius 3 is 2.95 bits per heavy atom. The molecule has 0 aromatic carbocycles. The van der Waals surface area contributed by atoms with Crippen LogP contribution in [0.2, 0.25) is 0 Å². The van der Waals surface area contributed by atoms with Crippen LogP contribution in [0.5, 0.6) is 0 Å². The van der Waals surface area contributed by atoms with Crippen LogP contribution in [0.3, 0.4) is 0 Å². The minimum atomic E-state index is 0.620. The van der Waals surface area contributed by atoms with Crippen LogP contribution >= 0.6 is 11.3 Å². The average molecular weight is 291 g/mol. The standard InChI is InChI=1S/C16H25N3S/c1-12(2)9-19-10-15(14-5-8-20-16(14)11-19)18-13-3-6-17-7-4-13/h5,8,10,12-13,17-18H,3-4,6-7,9,11H2,1-2H3. The summed E-state index contributed by atoms with van der Waals surface area (Å²) in [4.78, 5) is 3.97. The van der Waals surface area contributed by atoms with Gasteiger partial charge in [0.1, 0.15) is 0 Å². The number of hydrogen-bond acceptors (Lipinski definition) is 4. The maximum Gasteiger partial charge on any atom is 0.0589 e. The Hall–Kier alpha value is -1.00. The van der Waals surface area contributed by atoms with Gasteiger partial charge >= 0.3 is 0 Å². The van der Waals surface area contributed by atoms with Crippen molar-refractivity contribution in [3.8, 4) is 0 Å². The molecule has 2 aliphatic rings. The molecule has 3 heterocycles. The molecule has 3 nitrogen and oxygen atoms in total. The first kappa shape index (κ1) is 14.0. The lowest BCUT2D eigenvalue weighted by Gasteiger charge is -2.32. The quantitative estimate of drug-likeness (QED) is 0.893. The molecule has 110 valence electrons. The third-order valence-electron chi connectivity index (χ3n) is 3.99. The largest absolute Gasteiger partial charge is 0.381 e. The minimum absolute atomic E-state index is 0.620. The molecule has 2 N–H and O–H groups in total. The van der Waals surface area contributed by atoms with Crippen molar-refractivity contribution in [1.29, 1.82) is 0 Å². The van der Waals surface area contributed by atoms with E-state index in [0.717, 1.165) is 26.2 Å². The summed E-state index contributed by atoms with van der Waals surface area (Å²) in [6, 6.07) is 2.89. The van der Waals surface area contributed by atoms with Crippen molar-refractivity contribution >= 4 is 17.0 Å². The average Bonchev–Trinajstić information content (AvgIpc) is 2.87. The van der Waals surface area contributed by atoms with Crippen molar-refractivity contribution < 1.29 is 0 Å². The van der Waals surface area contributed by atoms with E-state index in [0.29, 0.717) is 12.0 Å². The summed E-state index contributed by atoms with van der Waals surface area (Å²) in [6.45, 7) is 9.06. The van der Waals surface area contributed by atoms with Crippen LogP contribution in [0.15, 0.2) is 17.6 Å². The lowest BCUT2D eigenvalue weighted by molar-refractivity contribution is 0.320. The van der Waals surface area contributed by atoms with E-state index in [1.807, 2.05) is 11.3 Å². The molecule has 1 aromatic rings. The summed E-state index contributed by atoms with van der Waals surface area (Å²) in [5, 5.41) is 9.45. The van der Waals surface area contributed by atoms with Crippen LogP contribution in [0.25, 0.3) is 5.70 Å². The van der Waals surface area contributed by atoms with Crippen molar-refractivity contribution in [2.24, 2.45) is 5.92 Å². The molecule has 2 aliphatic heterocycles. The Balaban J connectivity index is 1.75. The van der Waals surface area contributed by atoms with E-state index in [9.17, 15) is 0 Å². The van der Waals surface area contributed by atoms with Gasteiger partial charge in [0, 0.05) is 29.2 Å². The first-order valence-corrected chi connectivity index (χ1v) is 8.60. The molecular weight excluding hydrogens is 266 g/mol. The highest BCUT2D eigenvalue weighted by molar-refractivity contribution is 7.10. The second-order valence-electron chi connectivity index (χ2n) is 6.29. The smallest absolute Gasteiger partial charge is 0.0589 e. The van der Waals surface area contributed by atoms with E-state index in [1.54, 1.807) is 0 Å². The molecule has 0 bridgehead atoms. The Labute approximate surface area is 126 Å². The third kappa shape index (κ3) is 3.18. The Bertz CT molecular complexity index is 472. The molecule has 3 rings (SSSR count). The molecule has 0 radical (unpaired) electrons. The fourth-order valence-corrected chi connectivity index (χ4v) is 3.99. The van der Waals surface area contributed by atoms with Gasteiger partial charge in [-0.25, -0.2) is 0 Å². The lowest BCUT2D eigenvalue weighted by atomic mass is 10.0. The van der Waals surface area contributed by atoms with E-state index in [1.165, 1.54) is 29.0 Å².